The minimum absolute atomic E-state index is 0.0359. The molecule has 0 saturated carbocycles. The lowest BCUT2D eigenvalue weighted by molar-refractivity contribution is -0.385. The summed E-state index contributed by atoms with van der Waals surface area (Å²) in [5.74, 6) is 0. The molecule has 0 unspecified atom stereocenters. The fourth-order valence-electron chi connectivity index (χ4n) is 2.50. The van der Waals surface area contributed by atoms with E-state index < -0.39 is 4.92 Å². The molecule has 0 N–H and O–H groups in total. The van der Waals surface area contributed by atoms with Crippen molar-refractivity contribution in [1.29, 1.82) is 5.26 Å². The zero-order valence-corrected chi connectivity index (χ0v) is 15.1. The number of para-hydroxylation sites is 1. The summed E-state index contributed by atoms with van der Waals surface area (Å²) in [4.78, 5) is 15.3. The predicted octanol–water partition coefficient (Wildman–Crippen LogP) is 5.40. The van der Waals surface area contributed by atoms with Crippen LogP contribution in [0.3, 0.4) is 0 Å². The molecule has 128 valence electrons. The van der Waals surface area contributed by atoms with Crippen LogP contribution in [0.25, 0.3) is 22.9 Å². The Kier molecular flexibility index (Phi) is 4.92. The van der Waals surface area contributed by atoms with Gasteiger partial charge in [-0.3, -0.25) is 10.1 Å². The molecule has 0 aliphatic heterocycles. The Balaban J connectivity index is 2.00. The van der Waals surface area contributed by atoms with Gasteiger partial charge in [-0.15, -0.1) is 11.3 Å². The van der Waals surface area contributed by atoms with Crippen LogP contribution in [-0.4, -0.2) is 9.91 Å². The second-order valence-electron chi connectivity index (χ2n) is 5.82. The topological polar surface area (TPSA) is 79.8 Å². The van der Waals surface area contributed by atoms with Crippen LogP contribution in [0.15, 0.2) is 47.8 Å². The Bertz CT molecular complexity index is 1060. The number of hydrogen-bond acceptors (Lipinski definition) is 5. The summed E-state index contributed by atoms with van der Waals surface area (Å²) < 4.78 is 0. The van der Waals surface area contributed by atoms with E-state index in [0.717, 1.165) is 11.3 Å². The molecule has 0 amide bonds. The number of hydrogen-bond donors (Lipinski definition) is 0. The van der Waals surface area contributed by atoms with Crippen LogP contribution in [0.1, 0.15) is 21.7 Å². The van der Waals surface area contributed by atoms with E-state index in [1.54, 1.807) is 18.2 Å². The number of benzene rings is 2. The average Bonchev–Trinajstić information content (AvgIpc) is 3.12. The van der Waals surface area contributed by atoms with Crippen molar-refractivity contribution in [2.24, 2.45) is 0 Å². The Hall–Kier alpha value is -3.30. The monoisotopic (exact) mass is 361 g/mol. The summed E-state index contributed by atoms with van der Waals surface area (Å²) in [5, 5.41) is 23.1. The predicted molar refractivity (Wildman–Crippen MR) is 104 cm³/mol. The number of nitro groups is 1. The highest BCUT2D eigenvalue weighted by Crippen LogP contribution is 2.29. The smallest absolute Gasteiger partial charge is 0.258 e. The number of nitro benzene ring substituents is 1. The number of nitrogens with zero attached hydrogens (tertiary/aromatic N) is 3. The fourth-order valence-corrected chi connectivity index (χ4v) is 3.30. The van der Waals surface area contributed by atoms with Gasteiger partial charge >= 0.3 is 0 Å². The van der Waals surface area contributed by atoms with Gasteiger partial charge in [-0.2, -0.15) is 5.26 Å². The molecule has 0 fully saturated rings. The van der Waals surface area contributed by atoms with E-state index in [1.165, 1.54) is 34.6 Å². The number of thiazole rings is 1. The first-order valence-electron chi connectivity index (χ1n) is 7.88. The molecule has 5 nitrogen and oxygen atoms in total. The summed E-state index contributed by atoms with van der Waals surface area (Å²) in [6.07, 6.45) is 1.52. The normalized spacial score (nSPS) is 11.2. The van der Waals surface area contributed by atoms with Crippen molar-refractivity contribution >= 4 is 28.7 Å². The highest BCUT2D eigenvalue weighted by Gasteiger charge is 2.14. The zero-order chi connectivity index (χ0) is 18.7. The van der Waals surface area contributed by atoms with E-state index >= 15 is 0 Å². The van der Waals surface area contributed by atoms with E-state index in [2.05, 4.69) is 24.0 Å². The van der Waals surface area contributed by atoms with Crippen molar-refractivity contribution in [1.82, 2.24) is 4.98 Å². The molecular formula is C20H15N3O2S. The van der Waals surface area contributed by atoms with Gasteiger partial charge in [-0.1, -0.05) is 24.3 Å². The summed E-state index contributed by atoms with van der Waals surface area (Å²) in [6.45, 7) is 4.09. The van der Waals surface area contributed by atoms with Gasteiger partial charge in [0.05, 0.1) is 21.8 Å². The molecule has 0 saturated heterocycles. The van der Waals surface area contributed by atoms with Crippen LogP contribution in [-0.2, 0) is 0 Å². The minimum Gasteiger partial charge on any atom is -0.258 e. The highest BCUT2D eigenvalue weighted by molar-refractivity contribution is 7.11. The van der Waals surface area contributed by atoms with Crippen molar-refractivity contribution in [2.45, 2.75) is 13.8 Å². The maximum atomic E-state index is 11.2. The largest absolute Gasteiger partial charge is 0.276 e. The van der Waals surface area contributed by atoms with Crippen molar-refractivity contribution in [2.75, 3.05) is 0 Å². The number of nitriles is 1. The summed E-state index contributed by atoms with van der Waals surface area (Å²) >= 11 is 1.35. The SMILES string of the molecule is Cc1ccc(-c2csc(/C(C#N)=C\c3ccccc3[N+](=O)[O-])n2)cc1C. The minimum atomic E-state index is -0.455. The molecule has 0 aliphatic rings. The van der Waals surface area contributed by atoms with E-state index in [0.29, 0.717) is 16.1 Å². The van der Waals surface area contributed by atoms with Crippen molar-refractivity contribution in [3.63, 3.8) is 0 Å². The standard InChI is InChI=1S/C20H15N3O2S/c1-13-7-8-15(9-14(13)2)18-12-26-20(22-18)17(11-21)10-16-5-3-4-6-19(16)23(24)25/h3-10,12H,1-2H3/b17-10-. The molecule has 6 heteroatoms. The van der Waals surface area contributed by atoms with Crippen LogP contribution < -0.4 is 0 Å². The Morgan fingerprint density at radius 3 is 2.69 bits per heavy atom. The summed E-state index contributed by atoms with van der Waals surface area (Å²) in [5.41, 5.74) is 4.81. The summed E-state index contributed by atoms with van der Waals surface area (Å²) in [7, 11) is 0. The van der Waals surface area contributed by atoms with Gasteiger partial charge in [0.2, 0.25) is 0 Å². The molecule has 0 aliphatic carbocycles. The molecule has 3 rings (SSSR count). The molecule has 1 heterocycles. The van der Waals surface area contributed by atoms with Gasteiger partial charge in [-0.05, 0) is 43.2 Å². The molecule has 0 atom stereocenters. The molecule has 0 radical (unpaired) electrons. The third kappa shape index (κ3) is 3.53. The van der Waals surface area contributed by atoms with E-state index in [9.17, 15) is 15.4 Å². The number of aryl methyl sites for hydroxylation is 2. The van der Waals surface area contributed by atoms with Crippen molar-refractivity contribution < 1.29 is 4.92 Å². The van der Waals surface area contributed by atoms with E-state index in [1.807, 2.05) is 24.4 Å². The Morgan fingerprint density at radius 2 is 2.00 bits per heavy atom. The van der Waals surface area contributed by atoms with Crippen LogP contribution in [0.2, 0.25) is 0 Å². The number of allylic oxidation sites excluding steroid dienone is 1. The van der Waals surface area contributed by atoms with E-state index in [-0.39, 0.29) is 5.69 Å². The third-order valence-corrected chi connectivity index (χ3v) is 4.97. The average molecular weight is 361 g/mol. The van der Waals surface area contributed by atoms with Gasteiger partial charge in [0.1, 0.15) is 11.1 Å². The molecule has 26 heavy (non-hydrogen) atoms. The molecule has 3 aromatic rings. The molecule has 2 aromatic carbocycles. The number of aromatic nitrogens is 1. The van der Waals surface area contributed by atoms with Gasteiger partial charge in [-0.25, -0.2) is 4.98 Å². The van der Waals surface area contributed by atoms with Gasteiger partial charge in [0.15, 0.2) is 0 Å². The van der Waals surface area contributed by atoms with Crippen LogP contribution in [0, 0.1) is 35.3 Å². The molecule has 0 spiro atoms. The lowest BCUT2D eigenvalue weighted by atomic mass is 10.0. The van der Waals surface area contributed by atoms with Crippen molar-refractivity contribution in [3.8, 4) is 17.3 Å². The highest BCUT2D eigenvalue weighted by atomic mass is 32.1. The second-order valence-corrected chi connectivity index (χ2v) is 6.68. The Labute approximate surface area is 155 Å². The third-order valence-electron chi connectivity index (χ3n) is 4.09. The lowest BCUT2D eigenvalue weighted by Crippen LogP contribution is -1.91. The maximum Gasteiger partial charge on any atom is 0.276 e. The quantitative estimate of drug-likeness (QED) is 0.354. The zero-order valence-electron chi connectivity index (χ0n) is 14.3. The maximum absolute atomic E-state index is 11.2. The van der Waals surface area contributed by atoms with Gasteiger partial charge < -0.3 is 0 Å². The fraction of sp³-hybridized carbons (Fsp3) is 0.100. The van der Waals surface area contributed by atoms with Gasteiger partial charge in [0.25, 0.3) is 5.69 Å². The first kappa shape index (κ1) is 17.5. The Morgan fingerprint density at radius 1 is 1.23 bits per heavy atom. The summed E-state index contributed by atoms with van der Waals surface area (Å²) in [6, 6.07) is 14.5. The molecule has 0 bridgehead atoms. The van der Waals surface area contributed by atoms with Crippen LogP contribution >= 0.6 is 11.3 Å². The first-order valence-corrected chi connectivity index (χ1v) is 8.76. The lowest BCUT2D eigenvalue weighted by Gasteiger charge is -2.02. The first-order chi connectivity index (χ1) is 12.5. The van der Waals surface area contributed by atoms with Crippen LogP contribution in [0.5, 0.6) is 0 Å². The number of rotatable bonds is 4. The van der Waals surface area contributed by atoms with E-state index in [4.69, 9.17) is 0 Å². The molecular weight excluding hydrogens is 346 g/mol. The van der Waals surface area contributed by atoms with Gasteiger partial charge in [0, 0.05) is 17.0 Å². The second kappa shape index (κ2) is 7.30. The van der Waals surface area contributed by atoms with Crippen molar-refractivity contribution in [3.05, 3.63) is 79.7 Å². The molecule has 1 aromatic heterocycles. The van der Waals surface area contributed by atoms with Crippen LogP contribution in [0.4, 0.5) is 5.69 Å².